The highest BCUT2D eigenvalue weighted by Crippen LogP contribution is 2.27. The number of carbonyl (C=O) groups excluding carboxylic acids is 1. The van der Waals surface area contributed by atoms with Crippen molar-refractivity contribution in [1.29, 1.82) is 0 Å². The van der Waals surface area contributed by atoms with Crippen LogP contribution in [0.4, 0.5) is 0 Å². The van der Waals surface area contributed by atoms with E-state index in [2.05, 4.69) is 9.59 Å². The van der Waals surface area contributed by atoms with E-state index >= 15 is 0 Å². The van der Waals surface area contributed by atoms with Gasteiger partial charge < -0.3 is 9.64 Å². The molecule has 1 aromatic heterocycles. The number of carbonyl (C=O) groups is 1. The Morgan fingerprint density at radius 2 is 1.90 bits per heavy atom. The Hall–Kier alpha value is -1.79. The van der Waals surface area contributed by atoms with Gasteiger partial charge in [0.25, 0.3) is 5.91 Å². The summed E-state index contributed by atoms with van der Waals surface area (Å²) in [6.07, 6.45) is 0.0916. The molecule has 1 aromatic carbocycles. The molecule has 2 unspecified atom stereocenters. The number of rotatable bonds is 2. The lowest BCUT2D eigenvalue weighted by Crippen LogP contribution is -2.48. The van der Waals surface area contributed by atoms with Gasteiger partial charge in [0.1, 0.15) is 0 Å². The first-order chi connectivity index (χ1) is 10.1. The number of morpholine rings is 1. The summed E-state index contributed by atoms with van der Waals surface area (Å²) in [6, 6.07) is 9.78. The number of ether oxygens (including phenoxy) is 1. The number of aromatic nitrogens is 2. The summed E-state index contributed by atoms with van der Waals surface area (Å²) < 4.78 is 9.64. The summed E-state index contributed by atoms with van der Waals surface area (Å²) in [5.74, 6) is -0.0652. The lowest BCUT2D eigenvalue weighted by Gasteiger charge is -2.35. The highest BCUT2D eigenvalue weighted by molar-refractivity contribution is 7.09. The van der Waals surface area contributed by atoms with Crippen molar-refractivity contribution in [2.75, 3.05) is 13.1 Å². The van der Waals surface area contributed by atoms with Crippen molar-refractivity contribution in [1.82, 2.24) is 14.5 Å². The van der Waals surface area contributed by atoms with Crippen LogP contribution < -0.4 is 0 Å². The third-order valence-electron chi connectivity index (χ3n) is 3.43. The van der Waals surface area contributed by atoms with E-state index in [1.165, 1.54) is 11.5 Å². The second-order valence-electron chi connectivity index (χ2n) is 5.28. The van der Waals surface area contributed by atoms with E-state index in [4.69, 9.17) is 4.74 Å². The van der Waals surface area contributed by atoms with E-state index in [9.17, 15) is 4.79 Å². The first kappa shape index (κ1) is 14.2. The van der Waals surface area contributed by atoms with Gasteiger partial charge in [0.15, 0.2) is 5.69 Å². The first-order valence-electron chi connectivity index (χ1n) is 6.97. The maximum Gasteiger partial charge on any atom is 0.276 e. The van der Waals surface area contributed by atoms with Crippen molar-refractivity contribution >= 4 is 17.4 Å². The number of nitrogens with zero attached hydrogens (tertiary/aromatic N) is 3. The molecule has 3 rings (SSSR count). The fraction of sp³-hybridized carbons (Fsp3) is 0.400. The molecule has 0 radical (unpaired) electrons. The largest absolute Gasteiger partial charge is 0.372 e. The second-order valence-corrected chi connectivity index (χ2v) is 6.04. The standard InChI is InChI=1S/C15H17N3O2S/c1-10-8-18(9-11(2)20-10)15(19)13-14(21-17-16-13)12-6-4-3-5-7-12/h3-7,10-11H,8-9H2,1-2H3. The van der Waals surface area contributed by atoms with Gasteiger partial charge in [-0.15, -0.1) is 5.10 Å². The summed E-state index contributed by atoms with van der Waals surface area (Å²) in [5.41, 5.74) is 1.41. The molecular weight excluding hydrogens is 286 g/mol. The van der Waals surface area contributed by atoms with Gasteiger partial charge >= 0.3 is 0 Å². The molecule has 1 aliphatic heterocycles. The van der Waals surface area contributed by atoms with E-state index < -0.39 is 0 Å². The van der Waals surface area contributed by atoms with Crippen LogP contribution in [0.1, 0.15) is 24.3 Å². The van der Waals surface area contributed by atoms with Crippen LogP contribution in [-0.4, -0.2) is 45.7 Å². The molecule has 21 heavy (non-hydrogen) atoms. The van der Waals surface area contributed by atoms with Gasteiger partial charge in [-0.05, 0) is 30.9 Å². The zero-order valence-electron chi connectivity index (χ0n) is 12.0. The van der Waals surface area contributed by atoms with Gasteiger partial charge in [0.05, 0.1) is 17.1 Å². The molecule has 0 saturated carbocycles. The maximum absolute atomic E-state index is 12.7. The molecule has 2 atom stereocenters. The molecule has 110 valence electrons. The topological polar surface area (TPSA) is 55.3 Å². The van der Waals surface area contributed by atoms with Crippen LogP contribution in [0.25, 0.3) is 10.4 Å². The Kier molecular flexibility index (Phi) is 3.98. The molecule has 5 nitrogen and oxygen atoms in total. The monoisotopic (exact) mass is 303 g/mol. The minimum Gasteiger partial charge on any atom is -0.372 e. The van der Waals surface area contributed by atoms with Gasteiger partial charge in [0.2, 0.25) is 0 Å². The van der Waals surface area contributed by atoms with Crippen LogP contribution in [0, 0.1) is 0 Å². The van der Waals surface area contributed by atoms with E-state index in [0.717, 1.165) is 10.4 Å². The third-order valence-corrected chi connectivity index (χ3v) is 4.21. The van der Waals surface area contributed by atoms with E-state index in [1.54, 1.807) is 0 Å². The summed E-state index contributed by atoms with van der Waals surface area (Å²) in [6.45, 7) is 5.14. The quantitative estimate of drug-likeness (QED) is 0.855. The molecule has 0 spiro atoms. The van der Waals surface area contributed by atoms with Crippen LogP contribution in [0.5, 0.6) is 0 Å². The molecule has 1 amide bonds. The minimum absolute atomic E-state index is 0.0458. The molecule has 2 heterocycles. The number of hydrogen-bond acceptors (Lipinski definition) is 5. The Morgan fingerprint density at radius 3 is 2.57 bits per heavy atom. The van der Waals surface area contributed by atoms with E-state index in [0.29, 0.717) is 18.8 Å². The van der Waals surface area contributed by atoms with Crippen LogP contribution >= 0.6 is 11.5 Å². The molecular formula is C15H17N3O2S. The molecule has 0 aliphatic carbocycles. The Balaban J connectivity index is 1.88. The summed E-state index contributed by atoms with van der Waals surface area (Å²) >= 11 is 1.26. The second kappa shape index (κ2) is 5.91. The molecule has 2 aromatic rings. The molecule has 0 bridgehead atoms. The highest BCUT2D eigenvalue weighted by Gasteiger charge is 2.29. The molecule has 0 N–H and O–H groups in total. The van der Waals surface area contributed by atoms with Crippen molar-refractivity contribution in [3.05, 3.63) is 36.0 Å². The third kappa shape index (κ3) is 2.96. The number of hydrogen-bond donors (Lipinski definition) is 0. The number of amides is 1. The van der Waals surface area contributed by atoms with E-state index in [1.807, 2.05) is 49.1 Å². The van der Waals surface area contributed by atoms with Crippen molar-refractivity contribution in [3.8, 4) is 10.4 Å². The van der Waals surface area contributed by atoms with Crippen molar-refractivity contribution < 1.29 is 9.53 Å². The van der Waals surface area contributed by atoms with Crippen molar-refractivity contribution in [2.24, 2.45) is 0 Å². The van der Waals surface area contributed by atoms with Crippen molar-refractivity contribution in [3.63, 3.8) is 0 Å². The first-order valence-corrected chi connectivity index (χ1v) is 7.75. The predicted molar refractivity (Wildman–Crippen MR) is 81.3 cm³/mol. The smallest absolute Gasteiger partial charge is 0.276 e. The average molecular weight is 303 g/mol. The molecule has 6 heteroatoms. The zero-order valence-corrected chi connectivity index (χ0v) is 12.8. The van der Waals surface area contributed by atoms with Gasteiger partial charge in [-0.3, -0.25) is 4.79 Å². The molecule has 1 fully saturated rings. The fourth-order valence-corrected chi connectivity index (χ4v) is 3.26. The van der Waals surface area contributed by atoms with Gasteiger partial charge in [-0.2, -0.15) is 0 Å². The summed E-state index contributed by atoms with van der Waals surface area (Å²) in [7, 11) is 0. The van der Waals surface area contributed by atoms with Crippen LogP contribution in [0.3, 0.4) is 0 Å². The molecule has 1 saturated heterocycles. The predicted octanol–water partition coefficient (Wildman–Crippen LogP) is 2.45. The Labute approximate surface area is 127 Å². The summed E-state index contributed by atoms with van der Waals surface area (Å²) in [4.78, 5) is 15.4. The van der Waals surface area contributed by atoms with E-state index in [-0.39, 0.29) is 18.1 Å². The number of benzene rings is 1. The normalized spacial score (nSPS) is 22.3. The maximum atomic E-state index is 12.7. The molecule has 1 aliphatic rings. The van der Waals surface area contributed by atoms with Crippen molar-refractivity contribution in [2.45, 2.75) is 26.1 Å². The highest BCUT2D eigenvalue weighted by atomic mass is 32.1. The minimum atomic E-state index is -0.0652. The lowest BCUT2D eigenvalue weighted by molar-refractivity contribution is -0.0587. The van der Waals surface area contributed by atoms with Crippen LogP contribution in [-0.2, 0) is 4.74 Å². The lowest BCUT2D eigenvalue weighted by atomic mass is 10.1. The van der Waals surface area contributed by atoms with Gasteiger partial charge in [-0.25, -0.2) is 0 Å². The summed E-state index contributed by atoms with van der Waals surface area (Å²) in [5, 5.41) is 4.05. The Morgan fingerprint density at radius 1 is 1.24 bits per heavy atom. The van der Waals surface area contributed by atoms with Gasteiger partial charge in [-0.1, -0.05) is 34.8 Å². The SMILES string of the molecule is CC1CN(C(=O)c2nnsc2-c2ccccc2)CC(C)O1. The van der Waals surface area contributed by atoms with Crippen LogP contribution in [0.2, 0.25) is 0 Å². The average Bonchev–Trinajstić information content (AvgIpc) is 2.95. The van der Waals surface area contributed by atoms with Crippen LogP contribution in [0.15, 0.2) is 30.3 Å². The fourth-order valence-electron chi connectivity index (χ4n) is 2.60. The Bertz CT molecular complexity index is 619. The zero-order chi connectivity index (χ0) is 14.8. The van der Waals surface area contributed by atoms with Gasteiger partial charge in [0, 0.05) is 13.1 Å².